The van der Waals surface area contributed by atoms with Gasteiger partial charge < -0.3 is 20.6 Å². The molecule has 0 fully saturated rings. The normalized spacial score (nSPS) is 17.0. The number of nitrogens with zero attached hydrogens (tertiary/aromatic N) is 4. The molecule has 0 bridgehead atoms. The van der Waals surface area contributed by atoms with Crippen molar-refractivity contribution in [3.05, 3.63) is 83.4 Å². The zero-order valence-corrected chi connectivity index (χ0v) is 22.9. The van der Waals surface area contributed by atoms with Crippen LogP contribution in [-0.2, 0) is 5.41 Å². The Balaban J connectivity index is 1.56. The van der Waals surface area contributed by atoms with E-state index < -0.39 is 41.5 Å². The molecule has 0 saturated carbocycles. The Kier molecular flexibility index (Phi) is 7.69. The molecule has 14 heteroatoms. The number of hydrogen-bond acceptors (Lipinski definition) is 7. The Morgan fingerprint density at radius 2 is 1.98 bits per heavy atom. The Labute approximate surface area is 242 Å². The first kappa shape index (κ1) is 29.4. The molecule has 10 nitrogen and oxygen atoms in total. The first-order valence-corrected chi connectivity index (χ1v) is 12.9. The molecular weight excluding hydrogens is 570 g/mol. The lowest BCUT2D eigenvalue weighted by Gasteiger charge is -2.24. The zero-order chi connectivity index (χ0) is 30.9. The maximum Gasteiger partial charge on any atom is 0.398 e. The number of pyridine rings is 2. The van der Waals surface area contributed by atoms with Gasteiger partial charge in [-0.3, -0.25) is 15.2 Å². The van der Waals surface area contributed by atoms with Gasteiger partial charge >= 0.3 is 6.18 Å². The number of carbonyl (C=O) groups is 1. The number of hydrogen-bond donors (Lipinski definition) is 3. The molecule has 2 atom stereocenters. The van der Waals surface area contributed by atoms with E-state index >= 15 is 0 Å². The van der Waals surface area contributed by atoms with Crippen LogP contribution in [0.4, 0.5) is 17.6 Å². The van der Waals surface area contributed by atoms with Gasteiger partial charge in [0.25, 0.3) is 5.91 Å². The molecule has 1 aliphatic heterocycles. The summed E-state index contributed by atoms with van der Waals surface area (Å²) in [6, 6.07) is 12.5. The van der Waals surface area contributed by atoms with E-state index in [1.54, 1.807) is 25.3 Å². The Morgan fingerprint density at radius 1 is 1.23 bits per heavy atom. The third kappa shape index (κ3) is 5.55. The summed E-state index contributed by atoms with van der Waals surface area (Å²) >= 11 is 0. The number of nitrogens with one attached hydrogen (secondary N) is 2. The highest BCUT2D eigenvalue weighted by Gasteiger charge is 2.47. The van der Waals surface area contributed by atoms with Gasteiger partial charge in [-0.15, -0.1) is 5.11 Å². The third-order valence-corrected chi connectivity index (χ3v) is 7.26. The van der Waals surface area contributed by atoms with E-state index in [-0.39, 0.29) is 46.3 Å². The predicted octanol–water partition coefficient (Wildman–Crippen LogP) is 5.47. The summed E-state index contributed by atoms with van der Waals surface area (Å²) in [7, 11) is 1.40. The van der Waals surface area contributed by atoms with Gasteiger partial charge in [0.05, 0.1) is 18.2 Å². The second-order valence-electron chi connectivity index (χ2n) is 10.0. The SMILES string of the molecule is COc1cc(C(=O)NC[C@H](c2cc3c(c(-c4ccc(F)cc4)n2)OC[C@]3(C)C(=N)N=NN)C(F)(F)F)cc2cccnc12. The van der Waals surface area contributed by atoms with Crippen molar-refractivity contribution in [3.63, 3.8) is 0 Å². The number of nitrogens with two attached hydrogens (primary N) is 1. The van der Waals surface area contributed by atoms with Crippen molar-refractivity contribution in [1.82, 2.24) is 15.3 Å². The van der Waals surface area contributed by atoms with Gasteiger partial charge in [0, 0.05) is 34.8 Å². The van der Waals surface area contributed by atoms with Gasteiger partial charge in [0.2, 0.25) is 0 Å². The minimum atomic E-state index is -4.85. The molecule has 2 aromatic carbocycles. The Morgan fingerprint density at radius 3 is 2.65 bits per heavy atom. The van der Waals surface area contributed by atoms with Crippen LogP contribution < -0.4 is 20.6 Å². The largest absolute Gasteiger partial charge is 0.494 e. The van der Waals surface area contributed by atoms with Crippen LogP contribution in [-0.4, -0.2) is 48.1 Å². The van der Waals surface area contributed by atoms with Crippen LogP contribution in [0, 0.1) is 11.2 Å². The molecule has 0 aliphatic carbocycles. The van der Waals surface area contributed by atoms with E-state index in [0.717, 1.165) is 12.1 Å². The van der Waals surface area contributed by atoms with Crippen LogP contribution in [0.15, 0.2) is 71.1 Å². The molecule has 1 aliphatic rings. The number of fused-ring (bicyclic) bond motifs is 2. The summed E-state index contributed by atoms with van der Waals surface area (Å²) < 4.78 is 68.6. The monoisotopic (exact) mass is 595 g/mol. The number of rotatable bonds is 7. The molecule has 1 amide bonds. The van der Waals surface area contributed by atoms with Crippen molar-refractivity contribution in [2.45, 2.75) is 24.4 Å². The molecule has 222 valence electrons. The molecular formula is C29H25F4N7O3. The molecule has 3 heterocycles. The fraction of sp³-hybridized carbons (Fsp3) is 0.241. The van der Waals surface area contributed by atoms with Crippen molar-refractivity contribution >= 4 is 22.6 Å². The number of benzene rings is 2. The summed E-state index contributed by atoms with van der Waals surface area (Å²) in [6.45, 7) is 0.549. The van der Waals surface area contributed by atoms with Crippen LogP contribution in [0.25, 0.3) is 22.2 Å². The molecule has 0 saturated heterocycles. The molecule has 0 radical (unpaired) electrons. The maximum absolute atomic E-state index is 14.6. The third-order valence-electron chi connectivity index (χ3n) is 7.26. The summed E-state index contributed by atoms with van der Waals surface area (Å²) in [5.41, 5.74) is -0.690. The molecule has 4 aromatic rings. The number of carbonyl (C=O) groups excluding carboxylic acids is 1. The van der Waals surface area contributed by atoms with E-state index in [2.05, 4.69) is 25.6 Å². The van der Waals surface area contributed by atoms with E-state index in [0.29, 0.717) is 10.9 Å². The van der Waals surface area contributed by atoms with Crippen molar-refractivity contribution in [1.29, 1.82) is 5.41 Å². The average Bonchev–Trinajstić information content (AvgIpc) is 3.33. The summed E-state index contributed by atoms with van der Waals surface area (Å²) in [4.78, 5) is 21.6. The van der Waals surface area contributed by atoms with Crippen LogP contribution in [0.3, 0.4) is 0 Å². The molecule has 4 N–H and O–H groups in total. The van der Waals surface area contributed by atoms with Gasteiger partial charge in [0.15, 0.2) is 5.84 Å². The van der Waals surface area contributed by atoms with Crippen LogP contribution in [0.1, 0.15) is 34.5 Å². The lowest BCUT2D eigenvalue weighted by molar-refractivity contribution is -0.149. The zero-order valence-electron chi connectivity index (χ0n) is 22.9. The number of methoxy groups -OCH3 is 1. The summed E-state index contributed by atoms with van der Waals surface area (Å²) in [6.07, 6.45) is -3.29. The minimum absolute atomic E-state index is 0.0149. The fourth-order valence-corrected chi connectivity index (χ4v) is 4.88. The second kappa shape index (κ2) is 11.3. The smallest absolute Gasteiger partial charge is 0.398 e. The van der Waals surface area contributed by atoms with Gasteiger partial charge in [-0.05, 0) is 55.5 Å². The number of aromatic nitrogens is 2. The average molecular weight is 596 g/mol. The van der Waals surface area contributed by atoms with Crippen molar-refractivity contribution in [2.24, 2.45) is 16.2 Å². The summed E-state index contributed by atoms with van der Waals surface area (Å²) in [5, 5.41) is 18.0. The number of alkyl halides is 3. The molecule has 2 aromatic heterocycles. The van der Waals surface area contributed by atoms with E-state index in [1.807, 2.05) is 0 Å². The van der Waals surface area contributed by atoms with Gasteiger partial charge in [0.1, 0.15) is 41.1 Å². The van der Waals surface area contributed by atoms with E-state index in [4.69, 9.17) is 20.7 Å². The van der Waals surface area contributed by atoms with Crippen LogP contribution in [0.5, 0.6) is 11.5 Å². The maximum atomic E-state index is 14.6. The second-order valence-corrected chi connectivity index (χ2v) is 10.0. The highest BCUT2D eigenvalue weighted by atomic mass is 19.4. The first-order valence-electron chi connectivity index (χ1n) is 12.9. The number of amides is 1. The van der Waals surface area contributed by atoms with Crippen molar-refractivity contribution < 1.29 is 31.8 Å². The lowest BCUT2D eigenvalue weighted by Crippen LogP contribution is -2.36. The standard InChI is InChI=1S/C29H25F4N7O3/c1-28(27(34)39-40-35)14-43-25-19(28)12-21(38-24(25)15-5-7-18(30)8-6-15)20(29(31,32)33)13-37-26(41)17-10-16-4-3-9-36-23(16)22(11-17)42-2/h3-12,20H,13-14H2,1-2H3,(H,37,41)(H3,34,35,39)/t20-,28+/m1/s1. The first-order chi connectivity index (χ1) is 20.5. The van der Waals surface area contributed by atoms with Gasteiger partial charge in [-0.25, -0.2) is 9.37 Å². The topological polar surface area (TPSA) is 148 Å². The van der Waals surface area contributed by atoms with Crippen LogP contribution >= 0.6 is 0 Å². The molecule has 5 rings (SSSR count). The molecule has 0 unspecified atom stereocenters. The highest BCUT2D eigenvalue weighted by molar-refractivity contribution is 6.00. The van der Waals surface area contributed by atoms with Gasteiger partial charge in [-0.1, -0.05) is 11.3 Å². The fourth-order valence-electron chi connectivity index (χ4n) is 4.88. The van der Waals surface area contributed by atoms with Crippen molar-refractivity contribution in [3.8, 4) is 22.8 Å². The number of halogens is 4. The van der Waals surface area contributed by atoms with Gasteiger partial charge in [-0.2, -0.15) is 13.2 Å². The predicted molar refractivity (Wildman–Crippen MR) is 149 cm³/mol. The van der Waals surface area contributed by atoms with E-state index in [9.17, 15) is 22.4 Å². The van der Waals surface area contributed by atoms with E-state index in [1.165, 1.54) is 37.4 Å². The number of amidine groups is 1. The molecule has 0 spiro atoms. The minimum Gasteiger partial charge on any atom is -0.494 e. The summed E-state index contributed by atoms with van der Waals surface area (Å²) in [5.74, 6) is 1.63. The highest BCUT2D eigenvalue weighted by Crippen LogP contribution is 2.47. The van der Waals surface area contributed by atoms with Crippen molar-refractivity contribution in [2.75, 3.05) is 20.3 Å². The quantitative estimate of drug-likeness (QED) is 0.0644. The number of ether oxygens (including phenoxy) is 2. The Hall–Kier alpha value is -5.14. The molecule has 43 heavy (non-hydrogen) atoms. The lowest BCUT2D eigenvalue weighted by atomic mass is 9.82. The van der Waals surface area contributed by atoms with Crippen LogP contribution in [0.2, 0.25) is 0 Å². The Bertz CT molecular complexity index is 1750.